The van der Waals surface area contributed by atoms with Gasteiger partial charge < -0.3 is 24.3 Å². The van der Waals surface area contributed by atoms with Crippen LogP contribution in [0.25, 0.3) is 0 Å². The van der Waals surface area contributed by atoms with Crippen LogP contribution < -0.4 is 10.1 Å². The quantitative estimate of drug-likeness (QED) is 0.0608. The molecule has 226 valence electrons. The zero-order valence-corrected chi connectivity index (χ0v) is 21.3. The van der Waals surface area contributed by atoms with E-state index in [-0.39, 0.29) is 50.0 Å². The fourth-order valence-electron chi connectivity index (χ4n) is 3.29. The van der Waals surface area contributed by atoms with Gasteiger partial charge in [-0.1, -0.05) is 18.2 Å². The standard InChI is InChI=1S/C27H21F8NO6/c28-20-21(29)23(31)25(24(32)22(20)30)42-19(37)8-9-39-10-11-40-12-13-41-26(38)17-6-1-2-7-18(17)36-16-5-3-4-15(14-16)27(33,34)35/h1-7,14,36H,8-13H2. The number of carbonyl (C=O) groups is 2. The van der Waals surface area contributed by atoms with Gasteiger partial charge in [-0.25, -0.2) is 18.0 Å². The minimum Gasteiger partial charge on any atom is -0.460 e. The number of para-hydroxylation sites is 1. The van der Waals surface area contributed by atoms with Crippen LogP contribution in [-0.4, -0.2) is 45.0 Å². The van der Waals surface area contributed by atoms with Crippen molar-refractivity contribution >= 4 is 23.3 Å². The van der Waals surface area contributed by atoms with E-state index in [9.17, 15) is 44.7 Å². The topological polar surface area (TPSA) is 83.1 Å². The highest BCUT2D eigenvalue weighted by Crippen LogP contribution is 2.32. The smallest absolute Gasteiger partial charge is 0.416 e. The van der Waals surface area contributed by atoms with Crippen molar-refractivity contribution in [1.29, 1.82) is 0 Å². The summed E-state index contributed by atoms with van der Waals surface area (Å²) in [6.45, 7) is -0.695. The molecular weight excluding hydrogens is 586 g/mol. The zero-order valence-electron chi connectivity index (χ0n) is 21.3. The molecule has 0 atom stereocenters. The molecule has 7 nitrogen and oxygen atoms in total. The van der Waals surface area contributed by atoms with Gasteiger partial charge in [-0.05, 0) is 30.3 Å². The molecule has 3 aromatic rings. The summed E-state index contributed by atoms with van der Waals surface area (Å²) in [4.78, 5) is 24.1. The van der Waals surface area contributed by atoms with Crippen LogP contribution in [0.3, 0.4) is 0 Å². The number of halogens is 8. The number of alkyl halides is 3. The number of hydrogen-bond acceptors (Lipinski definition) is 7. The second kappa shape index (κ2) is 14.6. The molecule has 0 spiro atoms. The van der Waals surface area contributed by atoms with Crippen molar-refractivity contribution in [3.63, 3.8) is 0 Å². The van der Waals surface area contributed by atoms with E-state index in [0.717, 1.165) is 12.1 Å². The predicted octanol–water partition coefficient (Wildman–Crippen LogP) is 6.33. The second-order valence-electron chi connectivity index (χ2n) is 8.23. The van der Waals surface area contributed by atoms with E-state index >= 15 is 0 Å². The van der Waals surface area contributed by atoms with Crippen LogP contribution in [0.5, 0.6) is 5.75 Å². The first kappa shape index (κ1) is 32.3. The average molecular weight is 607 g/mol. The first-order valence-corrected chi connectivity index (χ1v) is 12.0. The lowest BCUT2D eigenvalue weighted by molar-refractivity contribution is -0.138. The maximum atomic E-state index is 13.5. The van der Waals surface area contributed by atoms with Crippen molar-refractivity contribution < 1.29 is 63.7 Å². The molecule has 0 saturated carbocycles. The Kier molecular flexibility index (Phi) is 11.2. The molecule has 0 aliphatic rings. The molecular formula is C27H21F8NO6. The van der Waals surface area contributed by atoms with E-state index in [2.05, 4.69) is 10.1 Å². The lowest BCUT2D eigenvalue weighted by atomic mass is 10.1. The summed E-state index contributed by atoms with van der Waals surface area (Å²) in [7, 11) is 0. The summed E-state index contributed by atoms with van der Waals surface area (Å²) in [5, 5.41) is 2.76. The summed E-state index contributed by atoms with van der Waals surface area (Å²) >= 11 is 0. The Labute approximate surface area is 232 Å². The highest BCUT2D eigenvalue weighted by Gasteiger charge is 2.31. The number of nitrogens with one attached hydrogen (secondary N) is 1. The van der Waals surface area contributed by atoms with E-state index in [1.54, 1.807) is 12.1 Å². The maximum absolute atomic E-state index is 13.5. The predicted molar refractivity (Wildman–Crippen MR) is 130 cm³/mol. The molecule has 0 aliphatic heterocycles. The van der Waals surface area contributed by atoms with Gasteiger partial charge in [0.05, 0.1) is 49.7 Å². The van der Waals surface area contributed by atoms with Crippen molar-refractivity contribution in [2.45, 2.75) is 12.6 Å². The van der Waals surface area contributed by atoms with Gasteiger partial charge in [0.1, 0.15) is 6.61 Å². The fourth-order valence-corrected chi connectivity index (χ4v) is 3.29. The fraction of sp³-hybridized carbons (Fsp3) is 0.259. The average Bonchev–Trinajstić information content (AvgIpc) is 2.96. The SMILES string of the molecule is O=C(CCOCCOCCOC(=O)c1ccccc1Nc1cccc(C(F)(F)F)c1)Oc1c(F)c(F)c(F)c(F)c1F. The van der Waals surface area contributed by atoms with Crippen molar-refractivity contribution in [2.75, 3.05) is 38.4 Å². The van der Waals surface area contributed by atoms with Gasteiger partial charge in [0, 0.05) is 5.69 Å². The Morgan fingerprint density at radius 1 is 0.714 bits per heavy atom. The molecule has 0 heterocycles. The van der Waals surface area contributed by atoms with Crippen LogP contribution in [0.1, 0.15) is 22.3 Å². The summed E-state index contributed by atoms with van der Waals surface area (Å²) in [5.74, 6) is -15.3. The van der Waals surface area contributed by atoms with E-state index in [1.807, 2.05) is 0 Å². The number of carbonyl (C=O) groups excluding carboxylic acids is 2. The number of ether oxygens (including phenoxy) is 4. The van der Waals surface area contributed by atoms with E-state index < -0.39 is 64.9 Å². The molecule has 0 amide bonds. The Morgan fingerprint density at radius 3 is 1.98 bits per heavy atom. The van der Waals surface area contributed by atoms with Crippen LogP contribution in [0.4, 0.5) is 46.5 Å². The number of benzene rings is 3. The van der Waals surface area contributed by atoms with Gasteiger partial charge in [-0.2, -0.15) is 22.0 Å². The van der Waals surface area contributed by atoms with Crippen LogP contribution in [0.15, 0.2) is 48.5 Å². The maximum Gasteiger partial charge on any atom is 0.416 e. The van der Waals surface area contributed by atoms with Gasteiger partial charge in [0.15, 0.2) is 0 Å². The lowest BCUT2D eigenvalue weighted by Gasteiger charge is -2.13. The highest BCUT2D eigenvalue weighted by atomic mass is 19.4. The number of rotatable bonds is 13. The number of anilines is 2. The third-order valence-electron chi connectivity index (χ3n) is 5.28. The highest BCUT2D eigenvalue weighted by molar-refractivity contribution is 5.96. The normalized spacial score (nSPS) is 11.3. The van der Waals surface area contributed by atoms with Crippen molar-refractivity contribution in [2.24, 2.45) is 0 Å². The van der Waals surface area contributed by atoms with Gasteiger partial charge in [-0.15, -0.1) is 0 Å². The van der Waals surface area contributed by atoms with Crippen molar-refractivity contribution in [1.82, 2.24) is 0 Å². The largest absolute Gasteiger partial charge is 0.460 e. The van der Waals surface area contributed by atoms with Crippen LogP contribution in [0, 0.1) is 29.1 Å². The third-order valence-corrected chi connectivity index (χ3v) is 5.28. The first-order chi connectivity index (χ1) is 19.9. The Balaban J connectivity index is 1.35. The molecule has 3 rings (SSSR count). The molecule has 0 unspecified atom stereocenters. The van der Waals surface area contributed by atoms with Gasteiger partial charge in [-0.3, -0.25) is 4.79 Å². The van der Waals surface area contributed by atoms with Crippen LogP contribution in [-0.2, 0) is 25.2 Å². The Bertz CT molecular complexity index is 1390. The summed E-state index contributed by atoms with van der Waals surface area (Å²) < 4.78 is 125. The number of hydrogen-bond donors (Lipinski definition) is 1. The monoisotopic (exact) mass is 607 g/mol. The zero-order chi connectivity index (χ0) is 30.9. The first-order valence-electron chi connectivity index (χ1n) is 12.0. The van der Waals surface area contributed by atoms with Gasteiger partial charge in [0.25, 0.3) is 0 Å². The van der Waals surface area contributed by atoms with Crippen LogP contribution >= 0.6 is 0 Å². The van der Waals surface area contributed by atoms with E-state index in [0.29, 0.717) is 0 Å². The lowest BCUT2D eigenvalue weighted by Crippen LogP contribution is -2.17. The molecule has 0 bridgehead atoms. The molecule has 0 fully saturated rings. The summed E-state index contributed by atoms with van der Waals surface area (Å²) in [6.07, 6.45) is -5.12. The molecule has 15 heteroatoms. The molecule has 0 radical (unpaired) electrons. The molecule has 0 aliphatic carbocycles. The molecule has 3 aromatic carbocycles. The summed E-state index contributed by atoms with van der Waals surface area (Å²) in [6, 6.07) is 10.5. The molecule has 0 aromatic heterocycles. The number of esters is 2. The van der Waals surface area contributed by atoms with E-state index in [4.69, 9.17) is 14.2 Å². The molecule has 1 N–H and O–H groups in total. The third kappa shape index (κ3) is 8.63. The minimum atomic E-state index is -4.54. The van der Waals surface area contributed by atoms with E-state index in [1.165, 1.54) is 24.3 Å². The van der Waals surface area contributed by atoms with Gasteiger partial charge in [0.2, 0.25) is 34.8 Å². The molecule has 0 saturated heterocycles. The van der Waals surface area contributed by atoms with Crippen LogP contribution in [0.2, 0.25) is 0 Å². The minimum absolute atomic E-state index is 0.0298. The summed E-state index contributed by atoms with van der Waals surface area (Å²) in [5.41, 5.74) is -0.470. The molecule has 42 heavy (non-hydrogen) atoms. The second-order valence-corrected chi connectivity index (χ2v) is 8.23. The Morgan fingerprint density at radius 2 is 1.31 bits per heavy atom. The Hall–Kier alpha value is -4.24. The van der Waals surface area contributed by atoms with Crippen molar-refractivity contribution in [3.8, 4) is 5.75 Å². The van der Waals surface area contributed by atoms with Crippen molar-refractivity contribution in [3.05, 3.63) is 88.7 Å². The van der Waals surface area contributed by atoms with Gasteiger partial charge >= 0.3 is 18.1 Å².